The maximum absolute atomic E-state index is 2.44. The van der Waals surface area contributed by atoms with Crippen molar-refractivity contribution in [2.45, 2.75) is 0 Å². The number of benzene rings is 5. The van der Waals surface area contributed by atoms with Crippen LogP contribution < -0.4 is 0 Å². The molecule has 0 saturated carbocycles. The highest BCUT2D eigenvalue weighted by atomic mass is 14.9. The number of para-hydroxylation sites is 1. The lowest BCUT2D eigenvalue weighted by Gasteiger charge is -2.14. The summed E-state index contributed by atoms with van der Waals surface area (Å²) < 4.78 is 2.44. The van der Waals surface area contributed by atoms with Crippen molar-refractivity contribution >= 4 is 59.6 Å². The number of hydrogen-bond acceptors (Lipinski definition) is 0. The summed E-state index contributed by atoms with van der Waals surface area (Å²) in [6, 6.07) is 37.6. The van der Waals surface area contributed by atoms with E-state index in [2.05, 4.69) is 108 Å². The third-order valence-corrected chi connectivity index (χ3v) is 6.31. The molecule has 1 heteroatoms. The Labute approximate surface area is 167 Å². The molecule has 0 saturated heterocycles. The predicted molar refractivity (Wildman–Crippen MR) is 125 cm³/mol. The van der Waals surface area contributed by atoms with Gasteiger partial charge >= 0.3 is 0 Å². The molecular formula is C28H17N. The molecule has 134 valence electrons. The minimum absolute atomic E-state index is 1.26. The topological polar surface area (TPSA) is 4.41 Å². The molecule has 0 aliphatic rings. The summed E-state index contributed by atoms with van der Waals surface area (Å²) in [7, 11) is 0. The van der Waals surface area contributed by atoms with Gasteiger partial charge in [0.15, 0.2) is 0 Å². The fourth-order valence-corrected chi connectivity index (χ4v) is 5.08. The monoisotopic (exact) mass is 367 g/mol. The molecular weight excluding hydrogens is 350 g/mol. The Bertz CT molecular complexity index is 1750. The van der Waals surface area contributed by atoms with Gasteiger partial charge < -0.3 is 4.40 Å². The zero-order chi connectivity index (χ0) is 18.9. The van der Waals surface area contributed by atoms with Crippen LogP contribution in [-0.4, -0.2) is 4.40 Å². The number of fused-ring (bicyclic) bond motifs is 12. The lowest BCUT2D eigenvalue weighted by Crippen LogP contribution is -1.92. The Kier molecular flexibility index (Phi) is 2.80. The third-order valence-electron chi connectivity index (χ3n) is 6.31. The van der Waals surface area contributed by atoms with Gasteiger partial charge in [0.25, 0.3) is 0 Å². The van der Waals surface area contributed by atoms with Gasteiger partial charge in [-0.2, -0.15) is 0 Å². The zero-order valence-electron chi connectivity index (χ0n) is 15.8. The van der Waals surface area contributed by atoms with Crippen molar-refractivity contribution in [1.82, 2.24) is 4.40 Å². The van der Waals surface area contributed by atoms with Gasteiger partial charge in [-0.25, -0.2) is 0 Å². The first-order chi connectivity index (χ1) is 14.4. The zero-order valence-corrected chi connectivity index (χ0v) is 15.8. The van der Waals surface area contributed by atoms with Gasteiger partial charge in [-0.1, -0.05) is 84.9 Å². The molecule has 2 heterocycles. The first-order valence-electron chi connectivity index (χ1n) is 10.1. The number of rotatable bonds is 0. The van der Waals surface area contributed by atoms with Crippen molar-refractivity contribution < 1.29 is 0 Å². The van der Waals surface area contributed by atoms with Gasteiger partial charge in [-0.3, -0.25) is 0 Å². The van der Waals surface area contributed by atoms with Crippen LogP contribution >= 0.6 is 0 Å². The van der Waals surface area contributed by atoms with Gasteiger partial charge in [0.1, 0.15) is 0 Å². The molecule has 7 aromatic rings. The van der Waals surface area contributed by atoms with Crippen molar-refractivity contribution in [3.63, 3.8) is 0 Å². The molecule has 7 rings (SSSR count). The normalized spacial score (nSPS) is 12.1. The van der Waals surface area contributed by atoms with E-state index in [1.54, 1.807) is 0 Å². The van der Waals surface area contributed by atoms with E-state index in [9.17, 15) is 0 Å². The van der Waals surface area contributed by atoms with E-state index in [1.807, 2.05) is 0 Å². The third kappa shape index (κ3) is 1.89. The molecule has 2 aromatic heterocycles. The molecule has 0 aliphatic heterocycles. The summed E-state index contributed by atoms with van der Waals surface area (Å²) in [4.78, 5) is 0. The first-order valence-corrected chi connectivity index (χ1v) is 10.1. The van der Waals surface area contributed by atoms with Crippen LogP contribution in [0.4, 0.5) is 0 Å². The number of hydrogen-bond donors (Lipinski definition) is 0. The van der Waals surface area contributed by atoms with Crippen LogP contribution in [0.5, 0.6) is 0 Å². The van der Waals surface area contributed by atoms with E-state index in [-0.39, 0.29) is 0 Å². The van der Waals surface area contributed by atoms with Crippen molar-refractivity contribution in [3.8, 4) is 0 Å². The molecule has 0 spiro atoms. The summed E-state index contributed by atoms with van der Waals surface area (Å²) in [5, 5.41) is 10.5. The number of nitrogens with zero attached hydrogens (tertiary/aromatic N) is 1. The summed E-state index contributed by atoms with van der Waals surface area (Å²) in [6.45, 7) is 0. The molecule has 5 aromatic carbocycles. The van der Waals surface area contributed by atoms with Gasteiger partial charge in [-0.05, 0) is 39.7 Å². The lowest BCUT2D eigenvalue weighted by molar-refractivity contribution is 1.35. The molecule has 0 aliphatic carbocycles. The molecule has 0 bridgehead atoms. The number of pyridine rings is 1. The van der Waals surface area contributed by atoms with Crippen LogP contribution in [0.2, 0.25) is 0 Å². The lowest BCUT2D eigenvalue weighted by atomic mass is 9.95. The van der Waals surface area contributed by atoms with Gasteiger partial charge in [0.2, 0.25) is 0 Å². The highest BCUT2D eigenvalue weighted by Crippen LogP contribution is 2.40. The Morgan fingerprint density at radius 3 is 1.79 bits per heavy atom. The summed E-state index contributed by atoms with van der Waals surface area (Å²) in [5.74, 6) is 0. The van der Waals surface area contributed by atoms with E-state index in [0.29, 0.717) is 0 Å². The molecule has 0 atom stereocenters. The Morgan fingerprint density at radius 2 is 1.00 bits per heavy atom. The minimum atomic E-state index is 1.26. The summed E-state index contributed by atoms with van der Waals surface area (Å²) in [6.07, 6.45) is 0. The van der Waals surface area contributed by atoms with Gasteiger partial charge in [0.05, 0.1) is 16.6 Å². The maximum Gasteiger partial charge on any atom is 0.0547 e. The fraction of sp³-hybridized carbons (Fsp3) is 0. The Balaban J connectivity index is 1.95. The van der Waals surface area contributed by atoms with E-state index in [0.717, 1.165) is 0 Å². The predicted octanol–water partition coefficient (Wildman–Crippen LogP) is 7.71. The van der Waals surface area contributed by atoms with Crippen LogP contribution in [0.3, 0.4) is 0 Å². The van der Waals surface area contributed by atoms with Crippen LogP contribution in [0.1, 0.15) is 0 Å². The van der Waals surface area contributed by atoms with Crippen molar-refractivity contribution in [2.24, 2.45) is 0 Å². The summed E-state index contributed by atoms with van der Waals surface area (Å²) in [5.41, 5.74) is 3.80. The molecule has 1 nitrogen and oxygen atoms in total. The Hall–Kier alpha value is -3.84. The molecule has 29 heavy (non-hydrogen) atoms. The average Bonchev–Trinajstić information content (AvgIpc) is 3.18. The average molecular weight is 367 g/mol. The molecule has 0 unspecified atom stereocenters. The van der Waals surface area contributed by atoms with Crippen LogP contribution in [0, 0.1) is 0 Å². The van der Waals surface area contributed by atoms with Crippen LogP contribution in [-0.2, 0) is 0 Å². The first kappa shape index (κ1) is 15.1. The highest BCUT2D eigenvalue weighted by Gasteiger charge is 2.15. The van der Waals surface area contributed by atoms with Crippen LogP contribution in [0.25, 0.3) is 59.6 Å². The number of aromatic nitrogens is 1. The van der Waals surface area contributed by atoms with Crippen molar-refractivity contribution in [1.29, 1.82) is 0 Å². The second-order valence-electron chi connectivity index (χ2n) is 7.81. The summed E-state index contributed by atoms with van der Waals surface area (Å²) >= 11 is 0. The van der Waals surface area contributed by atoms with E-state index < -0.39 is 0 Å². The van der Waals surface area contributed by atoms with Crippen molar-refractivity contribution in [3.05, 3.63) is 103 Å². The van der Waals surface area contributed by atoms with Gasteiger partial charge in [-0.15, -0.1) is 0 Å². The van der Waals surface area contributed by atoms with E-state index >= 15 is 0 Å². The second kappa shape index (κ2) is 5.36. The van der Waals surface area contributed by atoms with Crippen molar-refractivity contribution in [2.75, 3.05) is 0 Å². The smallest absolute Gasteiger partial charge is 0.0547 e. The standard InChI is InChI=1S/C28H17N/c1-4-10-21-18(7-1)13-15-23-26-17-20-9-3-6-12-24(20)29(26)25-16-14-19-8-2-5-11-22(19)28(25)27(21)23/h1-17H. The molecule has 0 N–H and O–H groups in total. The fourth-order valence-electron chi connectivity index (χ4n) is 5.08. The quantitative estimate of drug-likeness (QED) is 0.242. The van der Waals surface area contributed by atoms with Crippen LogP contribution in [0.15, 0.2) is 103 Å². The van der Waals surface area contributed by atoms with E-state index in [4.69, 9.17) is 0 Å². The molecule has 0 fully saturated rings. The SMILES string of the molecule is c1ccc2c(c1)ccc1c2c2c3ccccc3ccc2n2c3ccccc3cc12. The van der Waals surface area contributed by atoms with E-state index in [1.165, 1.54) is 59.6 Å². The second-order valence-corrected chi connectivity index (χ2v) is 7.81. The maximum atomic E-state index is 2.44. The minimum Gasteiger partial charge on any atom is -0.309 e. The highest BCUT2D eigenvalue weighted by molar-refractivity contribution is 6.30. The Morgan fingerprint density at radius 1 is 0.379 bits per heavy atom. The molecule has 0 amide bonds. The van der Waals surface area contributed by atoms with Gasteiger partial charge in [0, 0.05) is 21.5 Å². The molecule has 0 radical (unpaired) electrons. The largest absolute Gasteiger partial charge is 0.309 e.